The third-order valence-corrected chi connectivity index (χ3v) is 3.19. The van der Waals surface area contributed by atoms with Gasteiger partial charge in [0, 0.05) is 18.6 Å². The number of alkyl halides is 3. The highest BCUT2D eigenvalue weighted by Crippen LogP contribution is 2.23. The van der Waals surface area contributed by atoms with E-state index < -0.39 is 22.7 Å². The predicted octanol–water partition coefficient (Wildman–Crippen LogP) is 1.50. The molecule has 0 spiro atoms. The summed E-state index contributed by atoms with van der Waals surface area (Å²) in [6.07, 6.45) is -4.77. The first-order valence-electron chi connectivity index (χ1n) is 4.93. The molecule has 0 radical (unpaired) electrons. The van der Waals surface area contributed by atoms with Crippen LogP contribution in [0.25, 0.3) is 5.69 Å². The quantitative estimate of drug-likeness (QED) is 0.843. The van der Waals surface area contributed by atoms with Crippen LogP contribution in [-0.4, -0.2) is 14.9 Å². The summed E-state index contributed by atoms with van der Waals surface area (Å²) in [5.41, 5.74) is -0.262. The fourth-order valence-electron chi connectivity index (χ4n) is 1.34. The van der Waals surface area contributed by atoms with Gasteiger partial charge in [0.2, 0.25) is 0 Å². The van der Waals surface area contributed by atoms with Crippen molar-refractivity contribution in [1.82, 2.24) is 8.52 Å². The number of hydrogen-bond acceptors (Lipinski definition) is 4. The molecule has 0 aliphatic carbocycles. The highest BCUT2D eigenvalue weighted by atomic mass is 32.1. The third-order valence-electron chi connectivity index (χ3n) is 2.21. The predicted molar refractivity (Wildman–Crippen MR) is 61.8 cm³/mol. The maximum Gasteiger partial charge on any atom is 0.573 e. The Morgan fingerprint density at radius 3 is 2.16 bits per heavy atom. The van der Waals surface area contributed by atoms with Gasteiger partial charge in [0.1, 0.15) is 5.75 Å². The number of benzene rings is 1. The summed E-state index contributed by atoms with van der Waals surface area (Å²) in [4.78, 5) is 22.4. The van der Waals surface area contributed by atoms with E-state index in [2.05, 4.69) is 4.74 Å². The van der Waals surface area contributed by atoms with E-state index >= 15 is 0 Å². The van der Waals surface area contributed by atoms with Crippen LogP contribution >= 0.6 is 11.5 Å². The van der Waals surface area contributed by atoms with Crippen molar-refractivity contribution in [3.8, 4) is 11.4 Å². The van der Waals surface area contributed by atoms with E-state index in [-0.39, 0.29) is 0 Å². The summed E-state index contributed by atoms with van der Waals surface area (Å²) in [5, 5.41) is 0. The van der Waals surface area contributed by atoms with Gasteiger partial charge in [-0.05, 0) is 24.3 Å². The van der Waals surface area contributed by atoms with Crippen LogP contribution in [0.4, 0.5) is 13.2 Å². The smallest absolute Gasteiger partial charge is 0.406 e. The Morgan fingerprint density at radius 2 is 1.74 bits per heavy atom. The second kappa shape index (κ2) is 4.57. The van der Waals surface area contributed by atoms with E-state index in [1.54, 1.807) is 0 Å². The summed E-state index contributed by atoms with van der Waals surface area (Å²) in [6.45, 7) is 0. The molecule has 0 bridgehead atoms. The van der Waals surface area contributed by atoms with E-state index in [0.717, 1.165) is 20.7 Å². The van der Waals surface area contributed by atoms with Crippen LogP contribution in [0, 0.1) is 0 Å². The molecule has 0 saturated heterocycles. The number of aromatic nitrogens is 2. The van der Waals surface area contributed by atoms with Crippen LogP contribution in [0.3, 0.4) is 0 Å². The van der Waals surface area contributed by atoms with Crippen molar-refractivity contribution in [1.29, 1.82) is 0 Å². The van der Waals surface area contributed by atoms with Crippen molar-refractivity contribution in [3.63, 3.8) is 0 Å². The van der Waals surface area contributed by atoms with Crippen LogP contribution in [0.15, 0.2) is 33.9 Å². The standard InChI is InChI=1S/C10H7F3N2O3S/c1-14-8(16)15(19-9(14)17)6-2-4-7(5-3-6)18-10(11,12)13/h2-5H,1H3. The van der Waals surface area contributed by atoms with Gasteiger partial charge >= 0.3 is 16.9 Å². The van der Waals surface area contributed by atoms with Gasteiger partial charge < -0.3 is 4.74 Å². The number of nitrogens with zero attached hydrogens (tertiary/aromatic N) is 2. The molecule has 19 heavy (non-hydrogen) atoms. The fraction of sp³-hybridized carbons (Fsp3) is 0.200. The van der Waals surface area contributed by atoms with Crippen molar-refractivity contribution in [3.05, 3.63) is 44.4 Å². The molecule has 1 aromatic carbocycles. The SMILES string of the molecule is Cn1c(=O)sn(-c2ccc(OC(F)(F)F)cc2)c1=O. The van der Waals surface area contributed by atoms with E-state index in [0.29, 0.717) is 17.2 Å². The molecule has 0 saturated carbocycles. The summed E-state index contributed by atoms with van der Waals surface area (Å²) in [7, 11) is 1.32. The molecule has 2 rings (SSSR count). The Morgan fingerprint density at radius 1 is 1.16 bits per heavy atom. The molecule has 0 N–H and O–H groups in total. The molecule has 0 aliphatic rings. The monoisotopic (exact) mass is 292 g/mol. The zero-order valence-electron chi connectivity index (χ0n) is 9.47. The van der Waals surface area contributed by atoms with Crippen LogP contribution in [0.1, 0.15) is 0 Å². The van der Waals surface area contributed by atoms with Crippen LogP contribution < -0.4 is 15.3 Å². The Labute approximate surface area is 108 Å². The lowest BCUT2D eigenvalue weighted by atomic mass is 10.3. The number of ether oxygens (including phenoxy) is 1. The molecule has 0 fully saturated rings. The minimum Gasteiger partial charge on any atom is -0.406 e. The highest BCUT2D eigenvalue weighted by molar-refractivity contribution is 7.03. The molecule has 0 atom stereocenters. The topological polar surface area (TPSA) is 53.2 Å². The number of hydrogen-bond donors (Lipinski definition) is 0. The maximum atomic E-state index is 12.0. The summed E-state index contributed by atoms with van der Waals surface area (Å²) < 4.78 is 41.6. The molecule has 5 nitrogen and oxygen atoms in total. The van der Waals surface area contributed by atoms with Gasteiger partial charge in [-0.1, -0.05) is 0 Å². The van der Waals surface area contributed by atoms with Crippen molar-refractivity contribution in [2.24, 2.45) is 7.05 Å². The molecule has 1 aromatic heterocycles. The van der Waals surface area contributed by atoms with Gasteiger partial charge in [0.15, 0.2) is 0 Å². The molecule has 0 aliphatic heterocycles. The van der Waals surface area contributed by atoms with Gasteiger partial charge in [0.05, 0.1) is 5.69 Å². The third kappa shape index (κ3) is 2.87. The van der Waals surface area contributed by atoms with Crippen molar-refractivity contribution < 1.29 is 17.9 Å². The molecular formula is C10H7F3N2O3S. The van der Waals surface area contributed by atoms with Crippen molar-refractivity contribution >= 4 is 11.5 Å². The lowest BCUT2D eigenvalue weighted by Crippen LogP contribution is -2.25. The van der Waals surface area contributed by atoms with Gasteiger partial charge in [-0.15, -0.1) is 13.2 Å². The van der Waals surface area contributed by atoms with Crippen molar-refractivity contribution in [2.45, 2.75) is 6.36 Å². The number of halogens is 3. The molecule has 0 amide bonds. The summed E-state index contributed by atoms with van der Waals surface area (Å²) >= 11 is 0.662. The van der Waals surface area contributed by atoms with Crippen LogP contribution in [0.2, 0.25) is 0 Å². The molecule has 2 aromatic rings. The lowest BCUT2D eigenvalue weighted by molar-refractivity contribution is -0.274. The van der Waals surface area contributed by atoms with Gasteiger partial charge in [-0.3, -0.25) is 9.36 Å². The molecule has 9 heteroatoms. The first-order chi connectivity index (χ1) is 8.78. The number of rotatable bonds is 2. The van der Waals surface area contributed by atoms with Gasteiger partial charge in [-0.2, -0.15) is 0 Å². The van der Waals surface area contributed by atoms with E-state index in [4.69, 9.17) is 0 Å². The largest absolute Gasteiger partial charge is 0.573 e. The van der Waals surface area contributed by atoms with E-state index in [9.17, 15) is 22.8 Å². The second-order valence-corrected chi connectivity index (χ2v) is 4.43. The van der Waals surface area contributed by atoms with Gasteiger partial charge in [-0.25, -0.2) is 8.75 Å². The fourth-order valence-corrected chi connectivity index (χ4v) is 2.12. The van der Waals surface area contributed by atoms with Crippen molar-refractivity contribution in [2.75, 3.05) is 0 Å². The Kier molecular flexibility index (Phi) is 3.23. The Hall–Kier alpha value is -2.03. The van der Waals surface area contributed by atoms with E-state index in [1.807, 2.05) is 0 Å². The zero-order chi connectivity index (χ0) is 14.2. The van der Waals surface area contributed by atoms with Gasteiger partial charge in [0.25, 0.3) is 0 Å². The first kappa shape index (κ1) is 13.4. The average Bonchev–Trinajstić information content (AvgIpc) is 2.56. The minimum absolute atomic E-state index is 0.294. The molecule has 1 heterocycles. The van der Waals surface area contributed by atoms with Crippen LogP contribution in [0.5, 0.6) is 5.75 Å². The Bertz CT molecular complexity index is 697. The minimum atomic E-state index is -4.77. The molecule has 102 valence electrons. The normalized spacial score (nSPS) is 11.6. The first-order valence-corrected chi connectivity index (χ1v) is 5.71. The zero-order valence-corrected chi connectivity index (χ0v) is 10.3. The lowest BCUT2D eigenvalue weighted by Gasteiger charge is -2.08. The molecule has 0 unspecified atom stereocenters. The average molecular weight is 292 g/mol. The molecular weight excluding hydrogens is 285 g/mol. The van der Waals surface area contributed by atoms with Crippen LogP contribution in [-0.2, 0) is 7.05 Å². The summed E-state index contributed by atoms with van der Waals surface area (Å²) in [5.74, 6) is -0.396. The maximum absolute atomic E-state index is 12.0. The van der Waals surface area contributed by atoms with E-state index in [1.165, 1.54) is 19.2 Å². The second-order valence-electron chi connectivity index (χ2n) is 3.53. The highest BCUT2D eigenvalue weighted by Gasteiger charge is 2.31. The summed E-state index contributed by atoms with van der Waals surface area (Å²) in [6, 6.07) is 4.66. The Balaban J connectivity index is 2.35.